The first-order valence-electron chi connectivity index (χ1n) is 8.55. The van der Waals surface area contributed by atoms with Crippen molar-refractivity contribution in [3.63, 3.8) is 0 Å². The van der Waals surface area contributed by atoms with Gasteiger partial charge in [0, 0.05) is 12.1 Å². The number of hydrogen-bond acceptors (Lipinski definition) is 4. The van der Waals surface area contributed by atoms with E-state index in [0.29, 0.717) is 23.7 Å². The third kappa shape index (κ3) is 3.00. The van der Waals surface area contributed by atoms with Crippen LogP contribution in [-0.2, 0) is 0 Å². The summed E-state index contributed by atoms with van der Waals surface area (Å²) in [5, 5.41) is 20.0. The van der Waals surface area contributed by atoms with E-state index in [2.05, 4.69) is 27.7 Å². The van der Waals surface area contributed by atoms with Crippen LogP contribution >= 0.6 is 0 Å². The normalized spacial score (nSPS) is 49.1. The van der Waals surface area contributed by atoms with Gasteiger partial charge in [0.15, 0.2) is 0 Å². The highest BCUT2D eigenvalue weighted by Gasteiger charge is 2.49. The molecule has 0 spiro atoms. The lowest BCUT2D eigenvalue weighted by Gasteiger charge is -2.53. The molecule has 0 aromatic heterocycles. The molecule has 2 rings (SSSR count). The number of rotatable bonds is 2. The Labute approximate surface area is 129 Å². The highest BCUT2D eigenvalue weighted by Crippen LogP contribution is 2.51. The number of nitrogens with two attached hydrogens (primary N) is 2. The van der Waals surface area contributed by atoms with Gasteiger partial charge in [0.2, 0.25) is 0 Å². The van der Waals surface area contributed by atoms with Crippen LogP contribution in [0.15, 0.2) is 0 Å². The summed E-state index contributed by atoms with van der Waals surface area (Å²) in [6.07, 6.45) is 2.94. The molecule has 4 heteroatoms. The summed E-state index contributed by atoms with van der Waals surface area (Å²) in [5.74, 6) is 1.65. The Bertz CT molecular complexity index is 329. The second-order valence-electron chi connectivity index (χ2n) is 8.20. The van der Waals surface area contributed by atoms with Crippen molar-refractivity contribution in [2.45, 2.75) is 77.7 Å². The largest absolute Gasteiger partial charge is 0.392 e. The van der Waals surface area contributed by atoms with E-state index < -0.39 is 0 Å². The van der Waals surface area contributed by atoms with E-state index in [1.54, 1.807) is 0 Å². The molecule has 0 radical (unpaired) electrons. The SMILES string of the molecule is CC1C(N)C(O)CCC1C(C)(C)C1CCC(O)C(N)C1C. The zero-order valence-corrected chi connectivity index (χ0v) is 14.0. The molecule has 4 nitrogen and oxygen atoms in total. The highest BCUT2D eigenvalue weighted by molar-refractivity contribution is 5.00. The summed E-state index contributed by atoms with van der Waals surface area (Å²) in [7, 11) is 0. The van der Waals surface area contributed by atoms with Gasteiger partial charge in [-0.15, -0.1) is 0 Å². The fourth-order valence-corrected chi connectivity index (χ4v) is 5.22. The first-order valence-corrected chi connectivity index (χ1v) is 8.55. The topological polar surface area (TPSA) is 92.5 Å². The molecule has 2 fully saturated rings. The molecule has 6 N–H and O–H groups in total. The molecule has 124 valence electrons. The molecule has 2 aliphatic carbocycles. The van der Waals surface area contributed by atoms with Crippen LogP contribution in [0.1, 0.15) is 53.4 Å². The number of hydrogen-bond donors (Lipinski definition) is 4. The minimum Gasteiger partial charge on any atom is -0.392 e. The van der Waals surface area contributed by atoms with E-state index in [-0.39, 0.29) is 29.7 Å². The fraction of sp³-hybridized carbons (Fsp3) is 1.00. The van der Waals surface area contributed by atoms with E-state index in [4.69, 9.17) is 11.5 Å². The maximum atomic E-state index is 9.99. The summed E-state index contributed by atoms with van der Waals surface area (Å²) < 4.78 is 0. The minimum absolute atomic E-state index is 0.124. The van der Waals surface area contributed by atoms with Gasteiger partial charge in [-0.05, 0) is 54.8 Å². The lowest BCUT2D eigenvalue weighted by Crippen LogP contribution is -2.56. The second-order valence-corrected chi connectivity index (χ2v) is 8.20. The van der Waals surface area contributed by atoms with Crippen molar-refractivity contribution < 1.29 is 10.2 Å². The summed E-state index contributed by atoms with van der Waals surface area (Å²) in [5.41, 5.74) is 12.5. The summed E-state index contributed by atoms with van der Waals surface area (Å²) in [4.78, 5) is 0. The van der Waals surface area contributed by atoms with Gasteiger partial charge in [0.25, 0.3) is 0 Å². The maximum absolute atomic E-state index is 9.99. The molecule has 21 heavy (non-hydrogen) atoms. The zero-order valence-electron chi connectivity index (χ0n) is 14.0. The van der Waals surface area contributed by atoms with Crippen molar-refractivity contribution in [3.05, 3.63) is 0 Å². The Hall–Kier alpha value is -0.160. The first-order chi connectivity index (χ1) is 9.67. The third-order valence-corrected chi connectivity index (χ3v) is 6.83. The van der Waals surface area contributed by atoms with E-state index in [0.717, 1.165) is 25.7 Å². The van der Waals surface area contributed by atoms with Crippen molar-refractivity contribution in [1.82, 2.24) is 0 Å². The van der Waals surface area contributed by atoms with Crippen LogP contribution in [0.3, 0.4) is 0 Å². The summed E-state index contributed by atoms with van der Waals surface area (Å²) in [6.45, 7) is 9.04. The Kier molecular flexibility index (Phi) is 5.04. The molecule has 0 aliphatic heterocycles. The van der Waals surface area contributed by atoms with Gasteiger partial charge >= 0.3 is 0 Å². The predicted octanol–water partition coefficient (Wildman–Crippen LogP) is 1.48. The number of aliphatic hydroxyl groups is 2. The van der Waals surface area contributed by atoms with Crippen LogP contribution in [0, 0.1) is 29.1 Å². The Morgan fingerprint density at radius 1 is 0.762 bits per heavy atom. The molecular weight excluding hydrogens is 264 g/mol. The van der Waals surface area contributed by atoms with Crippen LogP contribution < -0.4 is 11.5 Å². The van der Waals surface area contributed by atoms with Crippen molar-refractivity contribution >= 4 is 0 Å². The minimum atomic E-state index is -0.361. The molecule has 0 bridgehead atoms. The highest BCUT2D eigenvalue weighted by atomic mass is 16.3. The average Bonchev–Trinajstić information content (AvgIpc) is 2.41. The fourth-order valence-electron chi connectivity index (χ4n) is 5.22. The van der Waals surface area contributed by atoms with Gasteiger partial charge in [-0.2, -0.15) is 0 Å². The quantitative estimate of drug-likeness (QED) is 0.621. The van der Waals surface area contributed by atoms with Crippen LogP contribution in [-0.4, -0.2) is 34.5 Å². The monoisotopic (exact) mass is 298 g/mol. The predicted molar refractivity (Wildman–Crippen MR) is 85.5 cm³/mol. The smallest absolute Gasteiger partial charge is 0.0693 e. The van der Waals surface area contributed by atoms with Gasteiger partial charge in [0.05, 0.1) is 12.2 Å². The van der Waals surface area contributed by atoms with Crippen LogP contribution in [0.5, 0.6) is 0 Å². The standard InChI is InChI=1S/C17H34N2O2/c1-9-11(5-7-13(20)15(9)18)17(3,4)12-6-8-14(21)16(19)10(12)2/h9-16,20-21H,5-8,18-19H2,1-4H3. The van der Waals surface area contributed by atoms with E-state index >= 15 is 0 Å². The first kappa shape index (κ1) is 17.2. The number of aliphatic hydroxyl groups excluding tert-OH is 2. The van der Waals surface area contributed by atoms with Crippen LogP contribution in [0.4, 0.5) is 0 Å². The third-order valence-electron chi connectivity index (χ3n) is 6.83. The second kappa shape index (κ2) is 6.15. The van der Waals surface area contributed by atoms with Crippen LogP contribution in [0.2, 0.25) is 0 Å². The zero-order chi connectivity index (χ0) is 15.9. The summed E-state index contributed by atoms with van der Waals surface area (Å²) >= 11 is 0. The Morgan fingerprint density at radius 2 is 1.10 bits per heavy atom. The van der Waals surface area contributed by atoms with Crippen molar-refractivity contribution in [1.29, 1.82) is 0 Å². The maximum Gasteiger partial charge on any atom is 0.0693 e. The van der Waals surface area contributed by atoms with Gasteiger partial charge in [-0.1, -0.05) is 27.7 Å². The molecule has 8 atom stereocenters. The van der Waals surface area contributed by atoms with Crippen LogP contribution in [0.25, 0.3) is 0 Å². The lowest BCUT2D eigenvalue weighted by atomic mass is 9.54. The van der Waals surface area contributed by atoms with Gasteiger partial charge in [-0.25, -0.2) is 0 Å². The van der Waals surface area contributed by atoms with Crippen molar-refractivity contribution in [3.8, 4) is 0 Å². The lowest BCUT2D eigenvalue weighted by molar-refractivity contribution is -0.0605. The molecule has 8 unspecified atom stereocenters. The molecule has 0 heterocycles. The van der Waals surface area contributed by atoms with Crippen molar-refractivity contribution in [2.24, 2.45) is 40.6 Å². The van der Waals surface area contributed by atoms with E-state index in [1.807, 2.05) is 0 Å². The molecule has 0 aromatic carbocycles. The van der Waals surface area contributed by atoms with E-state index in [9.17, 15) is 10.2 Å². The van der Waals surface area contributed by atoms with Gasteiger partial charge in [-0.3, -0.25) is 0 Å². The average molecular weight is 298 g/mol. The van der Waals surface area contributed by atoms with Gasteiger partial charge < -0.3 is 21.7 Å². The Balaban J connectivity index is 2.17. The van der Waals surface area contributed by atoms with Crippen molar-refractivity contribution in [2.75, 3.05) is 0 Å². The molecule has 0 saturated heterocycles. The Morgan fingerprint density at radius 3 is 1.43 bits per heavy atom. The molecule has 0 amide bonds. The summed E-state index contributed by atoms with van der Waals surface area (Å²) in [6, 6.07) is -0.248. The molecular formula is C17H34N2O2. The molecule has 0 aromatic rings. The van der Waals surface area contributed by atoms with Gasteiger partial charge in [0.1, 0.15) is 0 Å². The molecule has 2 aliphatic rings. The van der Waals surface area contributed by atoms with E-state index in [1.165, 1.54) is 0 Å². The molecule has 2 saturated carbocycles.